The van der Waals surface area contributed by atoms with Crippen LogP contribution in [0.5, 0.6) is 11.5 Å². The van der Waals surface area contributed by atoms with Gasteiger partial charge < -0.3 is 9.47 Å². The fraction of sp³-hybridized carbons (Fsp3) is 0.250. The van der Waals surface area contributed by atoms with Crippen LogP contribution in [0.4, 0.5) is 0 Å². The van der Waals surface area contributed by atoms with Crippen LogP contribution in [-0.2, 0) is 0 Å². The van der Waals surface area contributed by atoms with Gasteiger partial charge in [0.05, 0.1) is 10.5 Å². The van der Waals surface area contributed by atoms with E-state index >= 15 is 0 Å². The van der Waals surface area contributed by atoms with Crippen molar-refractivity contribution in [2.75, 3.05) is 13.3 Å². The minimum Gasteiger partial charge on any atom is -0.454 e. The van der Waals surface area contributed by atoms with E-state index in [0.717, 1.165) is 10.0 Å². The number of rotatable bonds is 4. The zero-order valence-electron chi connectivity index (χ0n) is 9.07. The molecule has 4 nitrogen and oxygen atoms in total. The van der Waals surface area contributed by atoms with Gasteiger partial charge in [-0.2, -0.15) is 5.26 Å². The van der Waals surface area contributed by atoms with E-state index in [-0.39, 0.29) is 6.79 Å². The van der Waals surface area contributed by atoms with Gasteiger partial charge in [0.2, 0.25) is 6.79 Å². The van der Waals surface area contributed by atoms with Crippen molar-refractivity contribution in [2.24, 2.45) is 0 Å². The van der Waals surface area contributed by atoms with E-state index in [2.05, 4.69) is 33.9 Å². The third-order valence-electron chi connectivity index (χ3n) is 2.38. The molecular weight excluding hydrogens is 284 g/mol. The van der Waals surface area contributed by atoms with Crippen LogP contribution in [0.3, 0.4) is 0 Å². The van der Waals surface area contributed by atoms with E-state index in [0.29, 0.717) is 18.0 Å². The number of benzene rings is 1. The Kier molecular flexibility index (Phi) is 3.67. The fourth-order valence-electron chi connectivity index (χ4n) is 1.59. The summed E-state index contributed by atoms with van der Waals surface area (Å²) in [4.78, 5) is 0. The van der Waals surface area contributed by atoms with Crippen molar-refractivity contribution in [1.29, 1.82) is 5.26 Å². The van der Waals surface area contributed by atoms with Crippen molar-refractivity contribution < 1.29 is 9.47 Å². The molecule has 5 heteroatoms. The Labute approximate surface area is 108 Å². The number of ether oxygens (including phenoxy) is 2. The monoisotopic (exact) mass is 294 g/mol. The van der Waals surface area contributed by atoms with Crippen molar-refractivity contribution in [3.05, 3.63) is 34.8 Å². The van der Waals surface area contributed by atoms with E-state index < -0.39 is 6.04 Å². The number of halogens is 1. The molecule has 0 saturated carbocycles. The van der Waals surface area contributed by atoms with Crippen molar-refractivity contribution >= 4 is 15.9 Å². The predicted molar refractivity (Wildman–Crippen MR) is 66.8 cm³/mol. The topological polar surface area (TPSA) is 54.3 Å². The summed E-state index contributed by atoms with van der Waals surface area (Å²) in [5.41, 5.74) is 0.838. The second kappa shape index (κ2) is 5.21. The zero-order chi connectivity index (χ0) is 12.3. The van der Waals surface area contributed by atoms with Crippen LogP contribution < -0.4 is 14.8 Å². The molecule has 0 amide bonds. The van der Waals surface area contributed by atoms with E-state index in [1.807, 2.05) is 12.1 Å². The van der Waals surface area contributed by atoms with Crippen LogP contribution in [0.1, 0.15) is 11.6 Å². The molecule has 1 atom stereocenters. The van der Waals surface area contributed by atoms with Crippen molar-refractivity contribution in [3.63, 3.8) is 0 Å². The summed E-state index contributed by atoms with van der Waals surface area (Å²) in [5.74, 6) is 1.35. The van der Waals surface area contributed by atoms with Crippen LogP contribution in [0.15, 0.2) is 29.3 Å². The Morgan fingerprint density at radius 1 is 1.59 bits per heavy atom. The number of fused-ring (bicyclic) bond motifs is 1. The average molecular weight is 295 g/mol. The highest BCUT2D eigenvalue weighted by Gasteiger charge is 2.20. The summed E-state index contributed by atoms with van der Waals surface area (Å²) in [6.07, 6.45) is 1.71. The highest BCUT2D eigenvalue weighted by molar-refractivity contribution is 9.10. The number of nitrogens with one attached hydrogen (secondary N) is 1. The van der Waals surface area contributed by atoms with E-state index in [1.54, 1.807) is 6.08 Å². The second-order valence-corrected chi connectivity index (χ2v) is 4.35. The molecule has 0 aliphatic carbocycles. The van der Waals surface area contributed by atoms with Gasteiger partial charge >= 0.3 is 0 Å². The molecule has 0 radical (unpaired) electrons. The summed E-state index contributed by atoms with van der Waals surface area (Å²) in [6, 6.07) is 5.48. The third kappa shape index (κ3) is 2.43. The van der Waals surface area contributed by atoms with Crippen LogP contribution >= 0.6 is 15.9 Å². The van der Waals surface area contributed by atoms with Gasteiger partial charge in [0.15, 0.2) is 11.5 Å². The molecule has 2 rings (SSSR count). The van der Waals surface area contributed by atoms with Crippen LogP contribution in [0, 0.1) is 11.3 Å². The van der Waals surface area contributed by atoms with Crippen molar-refractivity contribution in [2.45, 2.75) is 6.04 Å². The maximum absolute atomic E-state index is 9.11. The van der Waals surface area contributed by atoms with Gasteiger partial charge in [0, 0.05) is 6.54 Å². The first-order chi connectivity index (χ1) is 8.26. The third-order valence-corrected chi connectivity index (χ3v) is 2.97. The van der Waals surface area contributed by atoms with Gasteiger partial charge in [-0.15, -0.1) is 6.58 Å². The first kappa shape index (κ1) is 12.0. The van der Waals surface area contributed by atoms with Crippen LogP contribution in [0.25, 0.3) is 0 Å². The fourth-order valence-corrected chi connectivity index (χ4v) is 2.17. The van der Waals surface area contributed by atoms with E-state index in [4.69, 9.17) is 14.7 Å². The Hall–Kier alpha value is -1.51. The first-order valence-corrected chi connectivity index (χ1v) is 5.88. The molecule has 1 aliphatic heterocycles. The summed E-state index contributed by atoms with van der Waals surface area (Å²) in [6.45, 7) is 4.40. The minimum atomic E-state index is -0.390. The molecule has 1 unspecified atom stereocenters. The van der Waals surface area contributed by atoms with Gasteiger partial charge in [-0.05, 0) is 33.6 Å². The number of nitriles is 1. The molecule has 0 fully saturated rings. The number of hydrogen-bond acceptors (Lipinski definition) is 4. The smallest absolute Gasteiger partial charge is 0.231 e. The Balaban J connectivity index is 2.29. The summed E-state index contributed by atoms with van der Waals surface area (Å²) in [7, 11) is 0. The van der Waals surface area contributed by atoms with Crippen molar-refractivity contribution in [3.8, 4) is 17.6 Å². The molecule has 0 saturated heterocycles. The van der Waals surface area contributed by atoms with Crippen LogP contribution in [0.2, 0.25) is 0 Å². The summed E-state index contributed by atoms with van der Waals surface area (Å²) >= 11 is 3.40. The molecular formula is C12H11BrN2O2. The molecule has 1 aromatic carbocycles. The quantitative estimate of drug-likeness (QED) is 0.867. The number of nitrogens with zero attached hydrogens (tertiary/aromatic N) is 1. The van der Waals surface area contributed by atoms with Gasteiger partial charge in [0.25, 0.3) is 0 Å². The lowest BCUT2D eigenvalue weighted by Gasteiger charge is -2.11. The molecule has 1 aromatic rings. The van der Waals surface area contributed by atoms with E-state index in [9.17, 15) is 0 Å². The Bertz CT molecular complexity index is 482. The molecule has 0 spiro atoms. The molecule has 1 N–H and O–H groups in total. The minimum absolute atomic E-state index is 0.217. The summed E-state index contributed by atoms with van der Waals surface area (Å²) < 4.78 is 11.4. The lowest BCUT2D eigenvalue weighted by molar-refractivity contribution is 0.173. The largest absolute Gasteiger partial charge is 0.454 e. The zero-order valence-corrected chi connectivity index (χ0v) is 10.7. The van der Waals surface area contributed by atoms with Gasteiger partial charge in [-0.25, -0.2) is 0 Å². The standard InChI is InChI=1S/C12H11BrN2O2/c1-2-3-15-10(6-14)8-4-9(13)12-11(5-8)16-7-17-12/h2,4-5,10,15H,1,3,7H2. The highest BCUT2D eigenvalue weighted by atomic mass is 79.9. The predicted octanol–water partition coefficient (Wildman–Crippen LogP) is 2.52. The summed E-state index contributed by atoms with van der Waals surface area (Å²) in [5, 5.41) is 12.2. The molecule has 17 heavy (non-hydrogen) atoms. The Morgan fingerprint density at radius 2 is 2.41 bits per heavy atom. The van der Waals surface area contributed by atoms with Gasteiger partial charge in [-0.3, -0.25) is 5.32 Å². The van der Waals surface area contributed by atoms with Gasteiger partial charge in [0.1, 0.15) is 6.04 Å². The van der Waals surface area contributed by atoms with Gasteiger partial charge in [-0.1, -0.05) is 6.08 Å². The number of hydrogen-bond donors (Lipinski definition) is 1. The SMILES string of the molecule is C=CCNC(C#N)c1cc(Br)c2c(c1)OCO2. The van der Waals surface area contributed by atoms with Crippen LogP contribution in [-0.4, -0.2) is 13.3 Å². The molecule has 1 aliphatic rings. The van der Waals surface area contributed by atoms with E-state index in [1.165, 1.54) is 0 Å². The Morgan fingerprint density at radius 3 is 3.12 bits per heavy atom. The highest BCUT2D eigenvalue weighted by Crippen LogP contribution is 2.41. The first-order valence-electron chi connectivity index (χ1n) is 5.09. The maximum Gasteiger partial charge on any atom is 0.231 e. The normalized spacial score (nSPS) is 14.1. The molecule has 1 heterocycles. The lowest BCUT2D eigenvalue weighted by Crippen LogP contribution is -2.19. The molecule has 0 aromatic heterocycles. The molecule has 88 valence electrons. The maximum atomic E-state index is 9.11. The second-order valence-electron chi connectivity index (χ2n) is 3.50. The lowest BCUT2D eigenvalue weighted by atomic mass is 10.1. The molecule has 0 bridgehead atoms. The average Bonchev–Trinajstić information content (AvgIpc) is 2.79. The van der Waals surface area contributed by atoms with Crippen molar-refractivity contribution in [1.82, 2.24) is 5.32 Å².